The SMILES string of the molecule is CCNCC(C)S(=O)(=O)Nc1nncs1. The van der Waals surface area contributed by atoms with Gasteiger partial charge in [0.25, 0.3) is 0 Å². The van der Waals surface area contributed by atoms with Crippen LogP contribution in [0.15, 0.2) is 5.51 Å². The first kappa shape index (κ1) is 12.3. The fraction of sp³-hybridized carbons (Fsp3) is 0.714. The molecule has 0 bridgehead atoms. The van der Waals surface area contributed by atoms with Gasteiger partial charge in [0.05, 0.1) is 5.25 Å². The molecule has 1 atom stereocenters. The van der Waals surface area contributed by atoms with Gasteiger partial charge in [-0.1, -0.05) is 18.3 Å². The van der Waals surface area contributed by atoms with Gasteiger partial charge in [-0.25, -0.2) is 8.42 Å². The summed E-state index contributed by atoms with van der Waals surface area (Å²) >= 11 is 1.16. The molecule has 0 amide bonds. The zero-order valence-electron chi connectivity index (χ0n) is 8.60. The Bertz CT molecular complexity index is 376. The predicted molar refractivity (Wildman–Crippen MR) is 60.5 cm³/mol. The highest BCUT2D eigenvalue weighted by Gasteiger charge is 2.21. The highest BCUT2D eigenvalue weighted by atomic mass is 32.2. The predicted octanol–water partition coefficient (Wildman–Crippen LogP) is 0.278. The number of nitrogens with one attached hydrogen (secondary N) is 2. The maximum absolute atomic E-state index is 11.7. The number of hydrogen-bond acceptors (Lipinski definition) is 6. The number of nitrogens with zero attached hydrogens (tertiary/aromatic N) is 2. The van der Waals surface area contributed by atoms with Gasteiger partial charge in [0.1, 0.15) is 5.51 Å². The summed E-state index contributed by atoms with van der Waals surface area (Å²) in [6, 6.07) is 0. The van der Waals surface area contributed by atoms with Crippen molar-refractivity contribution in [1.29, 1.82) is 0 Å². The minimum Gasteiger partial charge on any atom is -0.316 e. The molecule has 1 heterocycles. The first-order valence-corrected chi connectivity index (χ1v) is 6.97. The largest absolute Gasteiger partial charge is 0.316 e. The highest BCUT2D eigenvalue weighted by Crippen LogP contribution is 2.12. The van der Waals surface area contributed by atoms with Gasteiger partial charge in [0, 0.05) is 6.54 Å². The zero-order chi connectivity index (χ0) is 11.3. The molecular formula is C7H14N4O2S2. The lowest BCUT2D eigenvalue weighted by atomic mass is 10.5. The summed E-state index contributed by atoms with van der Waals surface area (Å²) in [6.07, 6.45) is 0. The molecule has 0 aliphatic rings. The maximum Gasteiger partial charge on any atom is 0.238 e. The topological polar surface area (TPSA) is 84.0 Å². The molecule has 1 unspecified atom stereocenters. The summed E-state index contributed by atoms with van der Waals surface area (Å²) in [4.78, 5) is 0. The first-order chi connectivity index (χ1) is 7.06. The molecule has 0 spiro atoms. The quantitative estimate of drug-likeness (QED) is 0.757. The van der Waals surface area contributed by atoms with Crippen LogP contribution in [0.5, 0.6) is 0 Å². The van der Waals surface area contributed by atoms with Crippen molar-refractivity contribution < 1.29 is 8.42 Å². The van der Waals surface area contributed by atoms with E-state index in [-0.39, 0.29) is 0 Å². The van der Waals surface area contributed by atoms with Gasteiger partial charge >= 0.3 is 0 Å². The number of anilines is 1. The van der Waals surface area contributed by atoms with Crippen LogP contribution >= 0.6 is 11.3 Å². The minimum absolute atomic E-state index is 0.304. The minimum atomic E-state index is -3.36. The molecule has 1 aromatic heterocycles. The molecule has 0 saturated heterocycles. The van der Waals surface area contributed by atoms with E-state index < -0.39 is 15.3 Å². The Balaban J connectivity index is 2.59. The van der Waals surface area contributed by atoms with Crippen LogP contribution in [0.3, 0.4) is 0 Å². The second-order valence-corrected chi connectivity index (χ2v) is 5.94. The van der Waals surface area contributed by atoms with Crippen molar-refractivity contribution in [3.8, 4) is 0 Å². The molecule has 0 aromatic carbocycles. The molecule has 6 nitrogen and oxygen atoms in total. The van der Waals surface area contributed by atoms with Crippen LogP contribution < -0.4 is 10.0 Å². The van der Waals surface area contributed by atoms with Crippen molar-refractivity contribution in [3.05, 3.63) is 5.51 Å². The lowest BCUT2D eigenvalue weighted by Crippen LogP contribution is -2.34. The standard InChI is InChI=1S/C7H14N4O2S2/c1-3-8-4-6(2)15(12,13)11-7-10-9-5-14-7/h5-6,8H,3-4H2,1-2H3,(H,10,11). The van der Waals surface area contributed by atoms with Gasteiger partial charge in [0.15, 0.2) is 0 Å². The molecule has 86 valence electrons. The Kier molecular flexibility index (Phi) is 4.43. The second kappa shape index (κ2) is 5.38. The molecule has 0 aliphatic heterocycles. The van der Waals surface area contributed by atoms with E-state index in [9.17, 15) is 8.42 Å². The van der Waals surface area contributed by atoms with Crippen LogP contribution in [0.4, 0.5) is 5.13 Å². The molecule has 0 saturated carbocycles. The summed E-state index contributed by atoms with van der Waals surface area (Å²) in [7, 11) is -3.36. The van der Waals surface area contributed by atoms with Crippen molar-refractivity contribution in [2.24, 2.45) is 0 Å². The van der Waals surface area contributed by atoms with Gasteiger partial charge in [-0.05, 0) is 13.5 Å². The summed E-state index contributed by atoms with van der Waals surface area (Å²) < 4.78 is 25.8. The fourth-order valence-electron chi connectivity index (χ4n) is 0.897. The highest BCUT2D eigenvalue weighted by molar-refractivity contribution is 7.93. The zero-order valence-corrected chi connectivity index (χ0v) is 10.2. The fourth-order valence-corrected chi connectivity index (χ4v) is 2.55. The van der Waals surface area contributed by atoms with Crippen LogP contribution in [-0.4, -0.2) is 37.0 Å². The molecule has 0 aliphatic carbocycles. The third-order valence-corrected chi connectivity index (χ3v) is 4.24. The molecule has 15 heavy (non-hydrogen) atoms. The molecule has 0 fully saturated rings. The Morgan fingerprint density at radius 3 is 2.87 bits per heavy atom. The van der Waals surface area contributed by atoms with Crippen LogP contribution in [0.2, 0.25) is 0 Å². The Hall–Kier alpha value is -0.730. The van der Waals surface area contributed by atoms with Gasteiger partial charge < -0.3 is 5.32 Å². The van der Waals surface area contributed by atoms with Crippen molar-refractivity contribution in [1.82, 2.24) is 15.5 Å². The normalized spacial score (nSPS) is 13.7. The lowest BCUT2D eigenvalue weighted by Gasteiger charge is -2.12. The van der Waals surface area contributed by atoms with Crippen LogP contribution in [0.1, 0.15) is 13.8 Å². The third-order valence-electron chi connectivity index (χ3n) is 1.80. The van der Waals surface area contributed by atoms with Gasteiger partial charge in [-0.15, -0.1) is 10.2 Å². The third kappa shape index (κ3) is 3.73. The average molecular weight is 250 g/mol. The van der Waals surface area contributed by atoms with Crippen LogP contribution in [0.25, 0.3) is 0 Å². The van der Waals surface area contributed by atoms with Crippen molar-refractivity contribution >= 4 is 26.5 Å². The van der Waals surface area contributed by atoms with Crippen molar-refractivity contribution in [2.75, 3.05) is 17.8 Å². The van der Waals surface area contributed by atoms with Crippen molar-refractivity contribution in [3.63, 3.8) is 0 Å². The van der Waals surface area contributed by atoms with Crippen molar-refractivity contribution in [2.45, 2.75) is 19.1 Å². The summed E-state index contributed by atoms with van der Waals surface area (Å²) in [5.74, 6) is 0. The van der Waals surface area contributed by atoms with E-state index in [4.69, 9.17) is 0 Å². The summed E-state index contributed by atoms with van der Waals surface area (Å²) in [5, 5.41) is 9.96. The smallest absolute Gasteiger partial charge is 0.238 e. The van der Waals surface area contributed by atoms with E-state index in [0.29, 0.717) is 11.7 Å². The van der Waals surface area contributed by atoms with E-state index in [1.54, 1.807) is 6.92 Å². The van der Waals surface area contributed by atoms with E-state index in [0.717, 1.165) is 17.9 Å². The molecule has 1 aromatic rings. The average Bonchev–Trinajstić information content (AvgIpc) is 2.65. The summed E-state index contributed by atoms with van der Waals surface area (Å²) in [6.45, 7) is 4.74. The van der Waals surface area contributed by atoms with E-state index in [1.165, 1.54) is 5.51 Å². The number of sulfonamides is 1. The first-order valence-electron chi connectivity index (χ1n) is 4.54. The van der Waals surface area contributed by atoms with Gasteiger partial charge in [-0.3, -0.25) is 4.72 Å². The molecule has 0 radical (unpaired) electrons. The van der Waals surface area contributed by atoms with Gasteiger partial charge in [-0.2, -0.15) is 0 Å². The maximum atomic E-state index is 11.7. The Morgan fingerprint density at radius 2 is 2.33 bits per heavy atom. The molecule has 8 heteroatoms. The van der Waals surface area contributed by atoms with E-state index in [1.807, 2.05) is 6.92 Å². The molecule has 1 rings (SSSR count). The van der Waals surface area contributed by atoms with Crippen LogP contribution in [0, 0.1) is 0 Å². The lowest BCUT2D eigenvalue weighted by molar-refractivity contribution is 0.579. The van der Waals surface area contributed by atoms with Crippen LogP contribution in [-0.2, 0) is 10.0 Å². The number of hydrogen-bond donors (Lipinski definition) is 2. The van der Waals surface area contributed by atoms with Gasteiger partial charge in [0.2, 0.25) is 15.2 Å². The Labute approximate surface area is 93.2 Å². The summed E-state index contributed by atoms with van der Waals surface area (Å²) in [5.41, 5.74) is 1.48. The monoisotopic (exact) mass is 250 g/mol. The van der Waals surface area contributed by atoms with E-state index >= 15 is 0 Å². The number of aromatic nitrogens is 2. The molecule has 2 N–H and O–H groups in total. The second-order valence-electron chi connectivity index (χ2n) is 3.01. The molecular weight excluding hydrogens is 236 g/mol. The number of rotatable bonds is 6. The Morgan fingerprint density at radius 1 is 1.60 bits per heavy atom. The van der Waals surface area contributed by atoms with E-state index in [2.05, 4.69) is 20.2 Å².